The van der Waals surface area contributed by atoms with Gasteiger partial charge in [-0.3, -0.25) is 0 Å². The zero-order chi connectivity index (χ0) is 14.6. The van der Waals surface area contributed by atoms with E-state index >= 15 is 0 Å². The summed E-state index contributed by atoms with van der Waals surface area (Å²) in [5.74, 6) is -0.120. The summed E-state index contributed by atoms with van der Waals surface area (Å²) in [6, 6.07) is 5.74. The third-order valence-electron chi connectivity index (χ3n) is 4.51. The van der Waals surface area contributed by atoms with Crippen LogP contribution >= 0.6 is 0 Å². The van der Waals surface area contributed by atoms with Crippen molar-refractivity contribution in [1.82, 2.24) is 5.32 Å². The summed E-state index contributed by atoms with van der Waals surface area (Å²) in [7, 11) is 1.80. The van der Waals surface area contributed by atoms with E-state index in [0.29, 0.717) is 5.56 Å². The summed E-state index contributed by atoms with van der Waals surface area (Å²) in [6.45, 7) is 4.89. The van der Waals surface area contributed by atoms with Gasteiger partial charge in [-0.15, -0.1) is 0 Å². The van der Waals surface area contributed by atoms with Crippen molar-refractivity contribution in [3.8, 4) is 0 Å². The van der Waals surface area contributed by atoms with Gasteiger partial charge in [0.2, 0.25) is 0 Å². The molecule has 112 valence electrons. The molecule has 0 saturated heterocycles. The van der Waals surface area contributed by atoms with Gasteiger partial charge in [0.25, 0.3) is 0 Å². The van der Waals surface area contributed by atoms with Gasteiger partial charge in [0, 0.05) is 13.2 Å². The van der Waals surface area contributed by atoms with Gasteiger partial charge in [0.1, 0.15) is 5.82 Å². The maximum atomic E-state index is 13.8. The van der Waals surface area contributed by atoms with Gasteiger partial charge < -0.3 is 10.1 Å². The molecule has 1 fully saturated rings. The van der Waals surface area contributed by atoms with Crippen LogP contribution in [-0.4, -0.2) is 19.3 Å². The van der Waals surface area contributed by atoms with Crippen LogP contribution in [0.3, 0.4) is 0 Å². The minimum Gasteiger partial charge on any atom is -0.378 e. The molecule has 1 aromatic carbocycles. The average Bonchev–Trinajstić information content (AvgIpc) is 2.41. The zero-order valence-electron chi connectivity index (χ0n) is 12.8. The van der Waals surface area contributed by atoms with Gasteiger partial charge in [-0.25, -0.2) is 4.39 Å². The van der Waals surface area contributed by atoms with Gasteiger partial charge in [-0.1, -0.05) is 19.1 Å². The predicted octanol–water partition coefficient (Wildman–Crippen LogP) is 4.13. The van der Waals surface area contributed by atoms with Gasteiger partial charge in [0.05, 0.1) is 5.60 Å². The summed E-state index contributed by atoms with van der Waals surface area (Å²) in [4.78, 5) is 0. The highest BCUT2D eigenvalue weighted by Crippen LogP contribution is 2.42. The lowest BCUT2D eigenvalue weighted by atomic mass is 9.74. The largest absolute Gasteiger partial charge is 0.378 e. The molecule has 1 saturated carbocycles. The Labute approximate surface area is 121 Å². The molecule has 1 atom stereocenters. The number of hydrogen-bond acceptors (Lipinski definition) is 2. The second-order valence-electron chi connectivity index (χ2n) is 5.96. The molecule has 0 aromatic heterocycles. The lowest BCUT2D eigenvalue weighted by molar-refractivity contribution is -0.0838. The number of hydrogen-bond donors (Lipinski definition) is 1. The minimum absolute atomic E-state index is 0.00717. The molecule has 1 N–H and O–H groups in total. The number of methoxy groups -OCH3 is 1. The number of aryl methyl sites for hydroxylation is 1. The van der Waals surface area contributed by atoms with Crippen LogP contribution in [0.5, 0.6) is 0 Å². The smallest absolute Gasteiger partial charge is 0.126 e. The number of nitrogens with one attached hydrogen (secondary N) is 1. The average molecular weight is 279 g/mol. The van der Waals surface area contributed by atoms with E-state index in [0.717, 1.165) is 37.8 Å². The van der Waals surface area contributed by atoms with E-state index in [9.17, 15) is 4.39 Å². The Kier molecular flexibility index (Phi) is 5.17. The van der Waals surface area contributed by atoms with Crippen molar-refractivity contribution in [3.05, 3.63) is 35.1 Å². The molecule has 3 heteroatoms. The number of benzene rings is 1. The molecule has 20 heavy (non-hydrogen) atoms. The molecule has 0 bridgehead atoms. The predicted molar refractivity (Wildman–Crippen MR) is 80.4 cm³/mol. The summed E-state index contributed by atoms with van der Waals surface area (Å²) >= 11 is 0. The molecule has 0 radical (unpaired) electrons. The van der Waals surface area contributed by atoms with E-state index in [2.05, 4.69) is 12.2 Å². The molecule has 0 aliphatic heterocycles. The van der Waals surface area contributed by atoms with Crippen LogP contribution in [0.25, 0.3) is 0 Å². The van der Waals surface area contributed by atoms with Crippen LogP contribution in [0.4, 0.5) is 4.39 Å². The Morgan fingerprint density at radius 3 is 2.65 bits per heavy atom. The molecular weight excluding hydrogens is 253 g/mol. The molecule has 1 aliphatic carbocycles. The van der Waals surface area contributed by atoms with Crippen molar-refractivity contribution < 1.29 is 9.13 Å². The van der Waals surface area contributed by atoms with Crippen LogP contribution < -0.4 is 5.32 Å². The first-order valence-corrected chi connectivity index (χ1v) is 7.65. The Balaban J connectivity index is 2.15. The highest BCUT2D eigenvalue weighted by molar-refractivity contribution is 5.26. The maximum Gasteiger partial charge on any atom is 0.126 e. The standard InChI is InChI=1S/C17H26FNO/c1-4-10-19-16(12-17(20-3)8-5-9-17)14-7-6-13(2)15(18)11-14/h6-7,11,16,19H,4-5,8-10,12H2,1-3H3. The van der Waals surface area contributed by atoms with E-state index in [1.165, 1.54) is 6.42 Å². The van der Waals surface area contributed by atoms with Crippen LogP contribution in [-0.2, 0) is 4.74 Å². The fourth-order valence-electron chi connectivity index (χ4n) is 2.89. The van der Waals surface area contributed by atoms with Gasteiger partial charge in [0.15, 0.2) is 0 Å². The molecule has 0 spiro atoms. The summed E-state index contributed by atoms with van der Waals surface area (Å²) in [6.07, 6.45) is 5.46. The van der Waals surface area contributed by atoms with Crippen LogP contribution in [0.15, 0.2) is 18.2 Å². The van der Waals surface area contributed by atoms with Crippen LogP contribution in [0, 0.1) is 12.7 Å². The van der Waals surface area contributed by atoms with Crippen LogP contribution in [0.2, 0.25) is 0 Å². The minimum atomic E-state index is -0.120. The second kappa shape index (κ2) is 6.68. The van der Waals surface area contributed by atoms with E-state index < -0.39 is 0 Å². The Morgan fingerprint density at radius 2 is 2.15 bits per heavy atom. The second-order valence-corrected chi connectivity index (χ2v) is 5.96. The summed E-state index contributed by atoms with van der Waals surface area (Å²) in [5.41, 5.74) is 1.73. The lowest BCUT2D eigenvalue weighted by Crippen LogP contribution is -2.43. The first kappa shape index (κ1) is 15.5. The number of ether oxygens (including phenoxy) is 1. The van der Waals surface area contributed by atoms with Crippen LogP contribution in [0.1, 0.15) is 56.2 Å². The Bertz CT molecular complexity index is 437. The molecule has 1 aromatic rings. The van der Waals surface area contributed by atoms with E-state index in [1.54, 1.807) is 20.1 Å². The van der Waals surface area contributed by atoms with E-state index in [-0.39, 0.29) is 17.5 Å². The van der Waals surface area contributed by atoms with E-state index in [1.807, 2.05) is 12.1 Å². The molecule has 0 heterocycles. The third kappa shape index (κ3) is 3.39. The summed E-state index contributed by atoms with van der Waals surface area (Å²) < 4.78 is 19.5. The van der Waals surface area contributed by atoms with Crippen molar-refractivity contribution >= 4 is 0 Å². The van der Waals surface area contributed by atoms with E-state index in [4.69, 9.17) is 4.74 Å². The van der Waals surface area contributed by atoms with Crippen molar-refractivity contribution in [1.29, 1.82) is 0 Å². The monoisotopic (exact) mass is 279 g/mol. The maximum absolute atomic E-state index is 13.8. The van der Waals surface area contributed by atoms with Crippen molar-refractivity contribution in [2.45, 2.75) is 57.6 Å². The zero-order valence-corrected chi connectivity index (χ0v) is 12.8. The quantitative estimate of drug-likeness (QED) is 0.810. The SMILES string of the molecule is CCCNC(CC1(OC)CCC1)c1ccc(C)c(F)c1. The molecule has 2 nitrogen and oxygen atoms in total. The normalized spacial score (nSPS) is 18.6. The first-order valence-electron chi connectivity index (χ1n) is 7.65. The molecule has 1 unspecified atom stereocenters. The van der Waals surface area contributed by atoms with Gasteiger partial charge in [-0.05, 0) is 62.8 Å². The fraction of sp³-hybridized carbons (Fsp3) is 0.647. The highest BCUT2D eigenvalue weighted by Gasteiger charge is 2.39. The molecule has 2 rings (SSSR count). The number of rotatable bonds is 7. The summed E-state index contributed by atoms with van der Waals surface area (Å²) in [5, 5.41) is 3.54. The van der Waals surface area contributed by atoms with Crippen molar-refractivity contribution in [2.75, 3.05) is 13.7 Å². The van der Waals surface area contributed by atoms with Crippen molar-refractivity contribution in [2.24, 2.45) is 0 Å². The van der Waals surface area contributed by atoms with Gasteiger partial charge in [-0.2, -0.15) is 0 Å². The lowest BCUT2D eigenvalue weighted by Gasteiger charge is -2.43. The topological polar surface area (TPSA) is 21.3 Å². The molecule has 1 aliphatic rings. The fourth-order valence-corrected chi connectivity index (χ4v) is 2.89. The first-order chi connectivity index (χ1) is 9.60. The van der Waals surface area contributed by atoms with Gasteiger partial charge >= 0.3 is 0 Å². The Hall–Kier alpha value is -0.930. The molecular formula is C17H26FNO. The molecule has 0 amide bonds. The van der Waals surface area contributed by atoms with Crippen molar-refractivity contribution in [3.63, 3.8) is 0 Å². The Morgan fingerprint density at radius 1 is 1.40 bits per heavy atom. The number of halogens is 1. The highest BCUT2D eigenvalue weighted by atomic mass is 19.1. The third-order valence-corrected chi connectivity index (χ3v) is 4.51.